The van der Waals surface area contributed by atoms with Gasteiger partial charge >= 0.3 is 5.97 Å². The van der Waals surface area contributed by atoms with Crippen molar-refractivity contribution < 1.29 is 13.6 Å². The number of carbonyl (C=O) groups is 1. The average Bonchev–Trinajstić information content (AvgIpc) is 2.32. The Morgan fingerprint density at radius 3 is 2.32 bits per heavy atom. The van der Waals surface area contributed by atoms with E-state index in [0.717, 1.165) is 6.04 Å². The minimum absolute atomic E-state index is 0.284. The number of hydrogen-bond donors (Lipinski definition) is 1. The number of ether oxygens (including phenoxy) is 1. The summed E-state index contributed by atoms with van der Waals surface area (Å²) in [6.07, 6.45) is 0. The van der Waals surface area contributed by atoms with Crippen LogP contribution in [0.5, 0.6) is 0 Å². The molecule has 0 aliphatic rings. The van der Waals surface area contributed by atoms with Crippen LogP contribution in [0.2, 0.25) is 38.8 Å². The van der Waals surface area contributed by atoms with E-state index in [1.807, 2.05) is 0 Å². The number of esters is 1. The molecule has 1 unspecified atom stereocenters. The van der Waals surface area contributed by atoms with Crippen LogP contribution in [0.4, 0.5) is 5.69 Å². The quantitative estimate of drug-likeness (QED) is 0.461. The third kappa shape index (κ3) is 6.76. The van der Waals surface area contributed by atoms with Crippen LogP contribution in [0, 0.1) is 5.92 Å². The Morgan fingerprint density at radius 1 is 1.18 bits per heavy atom. The van der Waals surface area contributed by atoms with Crippen molar-refractivity contribution in [2.45, 2.75) is 45.7 Å². The minimum atomic E-state index is -1.72. The van der Waals surface area contributed by atoms with Gasteiger partial charge in [-0.15, -0.1) is 0 Å². The van der Waals surface area contributed by atoms with Gasteiger partial charge in [0, 0.05) is 5.69 Å². The van der Waals surface area contributed by atoms with E-state index in [-0.39, 0.29) is 11.9 Å². The van der Waals surface area contributed by atoms with Crippen molar-refractivity contribution in [1.82, 2.24) is 0 Å². The number of anilines is 1. The molecular weight excluding hydrogens is 310 g/mol. The van der Waals surface area contributed by atoms with E-state index in [9.17, 15) is 4.79 Å². The summed E-state index contributed by atoms with van der Waals surface area (Å²) < 4.78 is 11.7. The number of nitrogens with two attached hydrogens (primary N) is 1. The van der Waals surface area contributed by atoms with Crippen LogP contribution in [0.25, 0.3) is 0 Å². The zero-order valence-electron chi connectivity index (χ0n) is 14.6. The summed E-state index contributed by atoms with van der Waals surface area (Å²) >= 11 is 0. The molecule has 0 spiro atoms. The number of nitrogen functional groups attached to an aromatic ring is 1. The van der Waals surface area contributed by atoms with Gasteiger partial charge in [-0.05, 0) is 56.8 Å². The number of hydrogen-bond acceptors (Lipinski definition) is 4. The fourth-order valence-electron chi connectivity index (χ4n) is 2.75. The van der Waals surface area contributed by atoms with Crippen LogP contribution >= 0.6 is 0 Å². The van der Waals surface area contributed by atoms with E-state index in [4.69, 9.17) is 14.6 Å². The van der Waals surface area contributed by atoms with E-state index in [2.05, 4.69) is 39.7 Å². The Kier molecular flexibility index (Phi) is 6.40. The van der Waals surface area contributed by atoms with Gasteiger partial charge in [0.05, 0.1) is 12.2 Å². The normalized spacial score (nSPS) is 13.7. The molecule has 1 aromatic rings. The maximum Gasteiger partial charge on any atom is 0.340 e. The summed E-state index contributed by atoms with van der Waals surface area (Å²) in [4.78, 5) is 12.0. The molecule has 0 aromatic heterocycles. The summed E-state index contributed by atoms with van der Waals surface area (Å²) in [6, 6.07) is 7.97. The van der Waals surface area contributed by atoms with Crippen molar-refractivity contribution in [2.75, 3.05) is 12.3 Å². The van der Waals surface area contributed by atoms with Gasteiger partial charge in [0.15, 0.2) is 16.6 Å². The van der Waals surface area contributed by atoms with Crippen molar-refractivity contribution in [3.8, 4) is 0 Å². The first-order valence-corrected chi connectivity index (χ1v) is 14.2. The first-order chi connectivity index (χ1) is 10.0. The highest BCUT2D eigenvalue weighted by Crippen LogP contribution is 2.23. The number of para-hydroxylation sites is 1. The number of carbonyl (C=O) groups excluding carboxylic acids is 1. The molecule has 1 aromatic carbocycles. The van der Waals surface area contributed by atoms with Crippen LogP contribution in [-0.4, -0.2) is 29.2 Å². The Balaban J connectivity index is 2.51. The fourth-order valence-corrected chi connectivity index (χ4v) is 11.5. The molecule has 124 valence electrons. The highest BCUT2D eigenvalue weighted by Gasteiger charge is 2.31. The topological polar surface area (TPSA) is 61.5 Å². The Bertz CT molecular complexity index is 512. The van der Waals surface area contributed by atoms with Gasteiger partial charge < -0.3 is 14.6 Å². The second-order valence-corrected chi connectivity index (χ2v) is 16.4. The predicted molar refractivity (Wildman–Crippen MR) is 97.0 cm³/mol. The molecule has 0 aliphatic heterocycles. The van der Waals surface area contributed by atoms with Gasteiger partial charge in [-0.3, -0.25) is 0 Å². The van der Waals surface area contributed by atoms with E-state index in [0.29, 0.717) is 17.9 Å². The smallest absolute Gasteiger partial charge is 0.340 e. The fraction of sp³-hybridized carbons (Fsp3) is 0.562. The lowest BCUT2D eigenvalue weighted by molar-refractivity contribution is 0.0458. The summed E-state index contributed by atoms with van der Waals surface area (Å²) in [5, 5.41) is 0. The van der Waals surface area contributed by atoms with Crippen LogP contribution in [0.1, 0.15) is 17.3 Å². The van der Waals surface area contributed by atoms with Crippen LogP contribution in [0.15, 0.2) is 24.3 Å². The second-order valence-electron chi connectivity index (χ2n) is 7.47. The Labute approximate surface area is 136 Å². The largest absolute Gasteiger partial charge is 0.462 e. The molecular formula is C16H29NO3Si2. The second kappa shape index (κ2) is 7.43. The lowest BCUT2D eigenvalue weighted by Gasteiger charge is -2.33. The van der Waals surface area contributed by atoms with Crippen molar-refractivity contribution in [3.05, 3.63) is 29.8 Å². The zero-order chi connectivity index (χ0) is 17.0. The molecule has 6 heteroatoms. The monoisotopic (exact) mass is 339 g/mol. The average molecular weight is 340 g/mol. The van der Waals surface area contributed by atoms with E-state index in [1.165, 1.54) is 0 Å². The van der Waals surface area contributed by atoms with E-state index in [1.54, 1.807) is 24.3 Å². The molecule has 0 bridgehead atoms. The summed E-state index contributed by atoms with van der Waals surface area (Å²) in [7, 11) is -3.25. The maximum atomic E-state index is 12.0. The highest BCUT2D eigenvalue weighted by molar-refractivity contribution is 6.84. The summed E-state index contributed by atoms with van der Waals surface area (Å²) in [5.74, 6) is -0.0672. The van der Waals surface area contributed by atoms with Crippen LogP contribution < -0.4 is 5.73 Å². The third-order valence-corrected chi connectivity index (χ3v) is 9.44. The van der Waals surface area contributed by atoms with Crippen molar-refractivity contribution in [2.24, 2.45) is 5.92 Å². The molecule has 0 saturated heterocycles. The predicted octanol–water partition coefficient (Wildman–Crippen LogP) is 4.12. The van der Waals surface area contributed by atoms with Gasteiger partial charge in [-0.2, -0.15) is 0 Å². The molecule has 0 fully saturated rings. The lowest BCUT2D eigenvalue weighted by atomic mass is 10.2. The molecule has 1 rings (SSSR count). The SMILES string of the molecule is CC(COC(=O)c1ccccc1N)C[Si](C)(C)O[Si](C)(C)C. The van der Waals surface area contributed by atoms with Gasteiger partial charge in [-0.25, -0.2) is 4.79 Å². The van der Waals surface area contributed by atoms with E-state index >= 15 is 0 Å². The molecule has 0 saturated carbocycles. The molecule has 0 amide bonds. The molecule has 22 heavy (non-hydrogen) atoms. The highest BCUT2D eigenvalue weighted by atomic mass is 28.4. The molecule has 2 N–H and O–H groups in total. The number of rotatable bonds is 7. The zero-order valence-corrected chi connectivity index (χ0v) is 16.6. The third-order valence-electron chi connectivity index (χ3n) is 3.10. The van der Waals surface area contributed by atoms with Gasteiger partial charge in [0.2, 0.25) is 0 Å². The minimum Gasteiger partial charge on any atom is -0.462 e. The Morgan fingerprint density at radius 2 is 1.77 bits per heavy atom. The first kappa shape index (κ1) is 18.9. The maximum absolute atomic E-state index is 12.0. The molecule has 0 aliphatic carbocycles. The van der Waals surface area contributed by atoms with Crippen molar-refractivity contribution in [3.63, 3.8) is 0 Å². The lowest BCUT2D eigenvalue weighted by Crippen LogP contribution is -2.43. The van der Waals surface area contributed by atoms with Crippen molar-refractivity contribution in [1.29, 1.82) is 0 Å². The molecule has 4 nitrogen and oxygen atoms in total. The Hall–Kier alpha value is -1.12. The van der Waals surface area contributed by atoms with E-state index < -0.39 is 16.6 Å². The number of benzene rings is 1. The standard InChI is InChI=1S/C16H29NO3Si2/c1-13(12-22(5,6)20-21(2,3)4)11-19-16(18)14-9-7-8-10-15(14)17/h7-10,13H,11-12,17H2,1-6H3. The molecule has 1 atom stereocenters. The van der Waals surface area contributed by atoms with Crippen molar-refractivity contribution >= 4 is 28.3 Å². The summed E-state index contributed by atoms with van der Waals surface area (Å²) in [5.41, 5.74) is 6.68. The van der Waals surface area contributed by atoms with Gasteiger partial charge in [0.1, 0.15) is 0 Å². The summed E-state index contributed by atoms with van der Waals surface area (Å²) in [6.45, 7) is 13.6. The van der Waals surface area contributed by atoms with Crippen LogP contribution in [0.3, 0.4) is 0 Å². The molecule has 0 heterocycles. The van der Waals surface area contributed by atoms with Crippen LogP contribution in [-0.2, 0) is 8.85 Å². The van der Waals surface area contributed by atoms with Gasteiger partial charge in [0.25, 0.3) is 0 Å². The molecule has 0 radical (unpaired) electrons. The first-order valence-electron chi connectivity index (χ1n) is 7.72. The van der Waals surface area contributed by atoms with Gasteiger partial charge in [-0.1, -0.05) is 19.1 Å².